The van der Waals surface area contributed by atoms with Crippen molar-refractivity contribution >= 4 is 17.1 Å². The van der Waals surface area contributed by atoms with Gasteiger partial charge in [0.25, 0.3) is 5.56 Å². The van der Waals surface area contributed by atoms with Crippen LogP contribution in [0.3, 0.4) is 0 Å². The zero-order chi connectivity index (χ0) is 22.8. The van der Waals surface area contributed by atoms with Crippen molar-refractivity contribution in [3.8, 4) is 17.9 Å². The average molecular weight is 432 g/mol. The number of pyridine rings is 1. The number of piperidine rings is 1. The zero-order valence-electron chi connectivity index (χ0n) is 18.1. The van der Waals surface area contributed by atoms with Gasteiger partial charge in [-0.3, -0.25) is 23.5 Å². The van der Waals surface area contributed by atoms with Crippen molar-refractivity contribution in [2.24, 2.45) is 12.8 Å². The molecule has 2 N–H and O–H groups in total. The van der Waals surface area contributed by atoms with Crippen LogP contribution in [-0.4, -0.2) is 42.8 Å². The molecule has 32 heavy (non-hydrogen) atoms. The summed E-state index contributed by atoms with van der Waals surface area (Å²) in [5, 5.41) is 9.38. The Balaban J connectivity index is 1.94. The molecule has 3 aromatic heterocycles. The molecule has 0 radical (unpaired) electrons. The topological polar surface area (TPSA) is 128 Å². The van der Waals surface area contributed by atoms with Crippen molar-refractivity contribution in [3.05, 3.63) is 50.4 Å². The number of nitrogens with zero attached hydrogens (tertiary/aromatic N) is 7. The van der Waals surface area contributed by atoms with E-state index in [9.17, 15) is 14.9 Å². The Morgan fingerprint density at radius 3 is 2.84 bits per heavy atom. The Morgan fingerprint density at radius 2 is 2.12 bits per heavy atom. The highest BCUT2D eigenvalue weighted by Gasteiger charge is 2.26. The summed E-state index contributed by atoms with van der Waals surface area (Å²) in [6.45, 7) is 3.31. The number of nitrogens with two attached hydrogens (primary N) is 1. The molecule has 0 bridgehead atoms. The predicted octanol–water partition coefficient (Wildman–Crippen LogP) is 0.162. The number of imidazole rings is 1. The third-order valence-corrected chi connectivity index (χ3v) is 5.72. The van der Waals surface area contributed by atoms with Gasteiger partial charge in [-0.05, 0) is 25.8 Å². The van der Waals surface area contributed by atoms with Gasteiger partial charge in [0.1, 0.15) is 0 Å². The van der Waals surface area contributed by atoms with Crippen molar-refractivity contribution in [3.63, 3.8) is 0 Å². The lowest BCUT2D eigenvalue weighted by Gasteiger charge is -2.31. The van der Waals surface area contributed by atoms with Crippen molar-refractivity contribution in [1.29, 1.82) is 5.26 Å². The fourth-order valence-corrected chi connectivity index (χ4v) is 4.07. The maximum absolute atomic E-state index is 13.5. The molecule has 1 aliphatic rings. The van der Waals surface area contributed by atoms with Gasteiger partial charge in [0.2, 0.25) is 5.95 Å². The zero-order valence-corrected chi connectivity index (χ0v) is 18.1. The molecular formula is C22H24N8O2. The number of hydrogen-bond donors (Lipinski definition) is 1. The fourth-order valence-electron chi connectivity index (χ4n) is 4.07. The molecule has 164 valence electrons. The third kappa shape index (κ3) is 3.66. The summed E-state index contributed by atoms with van der Waals surface area (Å²) < 4.78 is 4.24. The van der Waals surface area contributed by atoms with Crippen LogP contribution in [0.4, 0.5) is 5.95 Å². The Bertz CT molecular complexity index is 1400. The van der Waals surface area contributed by atoms with Crippen molar-refractivity contribution in [1.82, 2.24) is 23.7 Å². The molecule has 10 nitrogen and oxygen atoms in total. The van der Waals surface area contributed by atoms with Gasteiger partial charge in [-0.2, -0.15) is 10.2 Å². The lowest BCUT2D eigenvalue weighted by molar-refractivity contribution is 0.496. The van der Waals surface area contributed by atoms with Crippen molar-refractivity contribution in [2.75, 3.05) is 18.0 Å². The monoisotopic (exact) mass is 432 g/mol. The van der Waals surface area contributed by atoms with Crippen LogP contribution in [0.1, 0.15) is 30.9 Å². The molecule has 0 aliphatic carbocycles. The van der Waals surface area contributed by atoms with Gasteiger partial charge in [0.05, 0.1) is 24.7 Å². The smallest absolute Gasteiger partial charge is 0.332 e. The quantitative estimate of drug-likeness (QED) is 0.582. The van der Waals surface area contributed by atoms with Gasteiger partial charge >= 0.3 is 5.69 Å². The van der Waals surface area contributed by atoms with E-state index in [-0.39, 0.29) is 19.1 Å². The van der Waals surface area contributed by atoms with Gasteiger partial charge in [0.15, 0.2) is 11.2 Å². The number of aromatic nitrogens is 5. The number of hydrogen-bond acceptors (Lipinski definition) is 7. The van der Waals surface area contributed by atoms with E-state index >= 15 is 0 Å². The molecule has 0 saturated carbocycles. The molecule has 4 heterocycles. The fraction of sp³-hybridized carbons (Fsp3) is 0.409. The van der Waals surface area contributed by atoms with Crippen LogP contribution >= 0.6 is 0 Å². The second kappa shape index (κ2) is 8.69. The molecule has 4 rings (SSSR count). The van der Waals surface area contributed by atoms with E-state index in [0.29, 0.717) is 34.8 Å². The summed E-state index contributed by atoms with van der Waals surface area (Å²) >= 11 is 0. The summed E-state index contributed by atoms with van der Waals surface area (Å²) in [6, 6.07) is 3.65. The Morgan fingerprint density at radius 1 is 1.31 bits per heavy atom. The summed E-state index contributed by atoms with van der Waals surface area (Å²) in [4.78, 5) is 37.4. The number of rotatable bonds is 4. The van der Waals surface area contributed by atoms with Gasteiger partial charge in [-0.15, -0.1) is 5.92 Å². The highest BCUT2D eigenvalue weighted by Crippen LogP contribution is 2.23. The van der Waals surface area contributed by atoms with Crippen LogP contribution in [-0.2, 0) is 20.1 Å². The third-order valence-electron chi connectivity index (χ3n) is 5.72. The van der Waals surface area contributed by atoms with Crippen LogP contribution in [0, 0.1) is 23.2 Å². The van der Waals surface area contributed by atoms with Gasteiger partial charge < -0.3 is 10.6 Å². The summed E-state index contributed by atoms with van der Waals surface area (Å²) in [6.07, 6.45) is 4.85. The van der Waals surface area contributed by atoms with E-state index in [1.807, 2.05) is 0 Å². The van der Waals surface area contributed by atoms with Gasteiger partial charge in [-0.25, -0.2) is 4.79 Å². The Hall–Kier alpha value is -3.89. The lowest BCUT2D eigenvalue weighted by Crippen LogP contribution is -2.44. The van der Waals surface area contributed by atoms with Gasteiger partial charge in [-0.1, -0.05) is 5.92 Å². The second-order valence-electron chi connectivity index (χ2n) is 7.82. The van der Waals surface area contributed by atoms with E-state index in [4.69, 9.17) is 5.73 Å². The van der Waals surface area contributed by atoms with Crippen LogP contribution in [0.15, 0.2) is 28.0 Å². The Labute approximate surface area is 184 Å². The van der Waals surface area contributed by atoms with Crippen LogP contribution < -0.4 is 21.9 Å². The first-order chi connectivity index (χ1) is 15.5. The summed E-state index contributed by atoms with van der Waals surface area (Å²) in [5.74, 6) is 6.45. The molecular weight excluding hydrogens is 408 g/mol. The minimum Gasteiger partial charge on any atom is -0.341 e. The molecule has 10 heteroatoms. The minimum atomic E-state index is -0.511. The second-order valence-corrected chi connectivity index (χ2v) is 7.82. The van der Waals surface area contributed by atoms with E-state index in [0.717, 1.165) is 24.0 Å². The number of fused-ring (bicyclic) bond motifs is 1. The Kier molecular flexibility index (Phi) is 5.80. The van der Waals surface area contributed by atoms with Crippen LogP contribution in [0.2, 0.25) is 0 Å². The van der Waals surface area contributed by atoms with E-state index < -0.39 is 11.2 Å². The number of anilines is 1. The minimum absolute atomic E-state index is 0.0183. The van der Waals surface area contributed by atoms with Crippen LogP contribution in [0.5, 0.6) is 0 Å². The molecule has 1 saturated heterocycles. The molecule has 1 fully saturated rings. The average Bonchev–Trinajstić information content (AvgIpc) is 3.19. The van der Waals surface area contributed by atoms with E-state index in [2.05, 4.69) is 32.8 Å². The van der Waals surface area contributed by atoms with Crippen molar-refractivity contribution in [2.45, 2.75) is 38.9 Å². The molecule has 1 atom stereocenters. The predicted molar refractivity (Wildman–Crippen MR) is 120 cm³/mol. The standard InChI is InChI=1S/C22H24N8O2/c1-3-4-10-29-18-19(26-21(29)28-9-5-6-17(24)14-28)27(2)22(32)30(20(18)31)13-16-12-25-8-7-15(16)11-23/h7-8,12,17H,5-6,9-10,13-14,24H2,1-2H3/t17-/m1/s1. The first-order valence-corrected chi connectivity index (χ1v) is 10.4. The highest BCUT2D eigenvalue weighted by molar-refractivity contribution is 5.75. The number of nitriles is 1. The van der Waals surface area contributed by atoms with Gasteiger partial charge in [0, 0.05) is 44.1 Å². The largest absolute Gasteiger partial charge is 0.341 e. The highest BCUT2D eigenvalue weighted by atomic mass is 16.2. The number of aryl methyl sites for hydroxylation is 1. The van der Waals surface area contributed by atoms with E-state index in [1.54, 1.807) is 24.6 Å². The molecule has 0 spiro atoms. The maximum Gasteiger partial charge on any atom is 0.332 e. The normalized spacial score (nSPS) is 15.9. The molecule has 0 unspecified atom stereocenters. The van der Waals surface area contributed by atoms with Crippen molar-refractivity contribution < 1.29 is 0 Å². The molecule has 1 aliphatic heterocycles. The van der Waals surface area contributed by atoms with E-state index in [1.165, 1.54) is 17.0 Å². The maximum atomic E-state index is 13.5. The first-order valence-electron chi connectivity index (χ1n) is 10.4. The SMILES string of the molecule is CC#CCn1c(N2CCC[C@@H](N)C2)nc2c1c(=O)n(Cc1cnccc1C#N)c(=O)n2C. The lowest BCUT2D eigenvalue weighted by atomic mass is 10.1. The molecule has 3 aromatic rings. The van der Waals surface area contributed by atoms with Crippen LogP contribution in [0.25, 0.3) is 11.2 Å². The molecule has 0 amide bonds. The molecule has 0 aromatic carbocycles. The first kappa shape index (κ1) is 21.3. The summed E-state index contributed by atoms with van der Waals surface area (Å²) in [5.41, 5.74) is 6.64. The summed E-state index contributed by atoms with van der Waals surface area (Å²) in [7, 11) is 1.59.